The molecule has 90 valence electrons. The van der Waals surface area contributed by atoms with Crippen LogP contribution in [0.25, 0.3) is 5.69 Å². The second-order valence-electron chi connectivity index (χ2n) is 3.39. The van der Waals surface area contributed by atoms with Gasteiger partial charge in [-0.2, -0.15) is 13.2 Å². The molecule has 0 fully saturated rings. The lowest BCUT2D eigenvalue weighted by molar-refractivity contribution is -0.137. The van der Waals surface area contributed by atoms with E-state index in [1.165, 1.54) is 30.3 Å². The van der Waals surface area contributed by atoms with Crippen LogP contribution in [0.5, 0.6) is 5.75 Å². The van der Waals surface area contributed by atoms with Gasteiger partial charge in [-0.3, -0.25) is 0 Å². The predicted octanol–water partition coefficient (Wildman–Crippen LogP) is 2.90. The number of halogens is 3. The van der Waals surface area contributed by atoms with Crippen LogP contribution in [-0.4, -0.2) is 16.7 Å². The lowest BCUT2D eigenvalue weighted by Crippen LogP contribution is -2.06. The first kappa shape index (κ1) is 11.5. The summed E-state index contributed by atoms with van der Waals surface area (Å²) in [4.78, 5) is 3.79. The van der Waals surface area contributed by atoms with Gasteiger partial charge in [0, 0.05) is 18.5 Å². The molecule has 0 saturated carbocycles. The highest BCUT2D eigenvalue weighted by Crippen LogP contribution is 2.33. The van der Waals surface area contributed by atoms with Crippen LogP contribution in [0.2, 0.25) is 0 Å². The number of nitrogens with zero attached hydrogens (tertiary/aromatic N) is 2. The van der Waals surface area contributed by atoms with E-state index in [0.29, 0.717) is 5.69 Å². The molecule has 17 heavy (non-hydrogen) atoms. The number of rotatable bonds is 2. The molecular formula is C11H9F3N2O. The topological polar surface area (TPSA) is 27.1 Å². The summed E-state index contributed by atoms with van der Waals surface area (Å²) in [5.41, 5.74) is -0.394. The van der Waals surface area contributed by atoms with Crippen molar-refractivity contribution in [2.75, 3.05) is 7.11 Å². The van der Waals surface area contributed by atoms with Gasteiger partial charge in [0.05, 0.1) is 24.7 Å². The predicted molar refractivity (Wildman–Crippen MR) is 55.1 cm³/mol. The summed E-state index contributed by atoms with van der Waals surface area (Å²) in [6.45, 7) is 0. The molecule has 0 unspecified atom stereocenters. The Labute approximate surface area is 95.5 Å². The van der Waals surface area contributed by atoms with Crippen molar-refractivity contribution in [3.8, 4) is 11.4 Å². The number of hydrogen-bond donors (Lipinski definition) is 0. The molecule has 6 heteroatoms. The van der Waals surface area contributed by atoms with Crippen molar-refractivity contribution < 1.29 is 17.9 Å². The summed E-state index contributed by atoms with van der Waals surface area (Å²) in [7, 11) is 1.33. The van der Waals surface area contributed by atoms with E-state index in [0.717, 1.165) is 12.1 Å². The molecule has 0 spiro atoms. The lowest BCUT2D eigenvalue weighted by atomic mass is 10.2. The van der Waals surface area contributed by atoms with Crippen LogP contribution in [0.4, 0.5) is 13.2 Å². The van der Waals surface area contributed by atoms with Gasteiger partial charge in [-0.25, -0.2) is 4.98 Å². The largest absolute Gasteiger partial charge is 0.497 e. The molecule has 2 rings (SSSR count). The van der Waals surface area contributed by atoms with Gasteiger partial charge < -0.3 is 9.30 Å². The third-order valence-corrected chi connectivity index (χ3v) is 2.26. The van der Waals surface area contributed by atoms with Crippen LogP contribution >= 0.6 is 0 Å². The first-order chi connectivity index (χ1) is 8.00. The molecule has 3 nitrogen and oxygen atoms in total. The zero-order valence-corrected chi connectivity index (χ0v) is 8.90. The molecule has 0 aliphatic rings. The molecule has 0 radical (unpaired) electrons. The maximum absolute atomic E-state index is 12.6. The van der Waals surface area contributed by atoms with E-state index in [1.54, 1.807) is 6.20 Å². The van der Waals surface area contributed by atoms with Crippen LogP contribution in [0.3, 0.4) is 0 Å². The molecular weight excluding hydrogens is 233 g/mol. The number of ether oxygens (including phenoxy) is 1. The van der Waals surface area contributed by atoms with Crippen molar-refractivity contribution in [3.05, 3.63) is 42.5 Å². The quantitative estimate of drug-likeness (QED) is 0.809. The fourth-order valence-electron chi connectivity index (χ4n) is 1.43. The molecule has 0 atom stereocenters. The fourth-order valence-corrected chi connectivity index (χ4v) is 1.43. The summed E-state index contributed by atoms with van der Waals surface area (Å²) in [5.74, 6) is 0.156. The molecule has 0 aliphatic carbocycles. The van der Waals surface area contributed by atoms with Crippen LogP contribution in [-0.2, 0) is 6.18 Å². The van der Waals surface area contributed by atoms with E-state index in [2.05, 4.69) is 4.98 Å². The molecule has 0 aliphatic heterocycles. The van der Waals surface area contributed by atoms with E-state index in [-0.39, 0.29) is 5.75 Å². The van der Waals surface area contributed by atoms with Crippen molar-refractivity contribution in [2.24, 2.45) is 0 Å². The highest BCUT2D eigenvalue weighted by molar-refractivity contribution is 5.44. The van der Waals surface area contributed by atoms with Crippen LogP contribution < -0.4 is 4.74 Å². The second-order valence-corrected chi connectivity index (χ2v) is 3.39. The summed E-state index contributed by atoms with van der Waals surface area (Å²) >= 11 is 0. The SMILES string of the molecule is COc1cc(-n2ccnc2)cc(C(F)(F)F)c1. The Hall–Kier alpha value is -1.98. The summed E-state index contributed by atoms with van der Waals surface area (Å²) in [6.07, 6.45) is 0.0838. The average Bonchev–Trinajstić information content (AvgIpc) is 2.80. The smallest absolute Gasteiger partial charge is 0.416 e. The van der Waals surface area contributed by atoms with Gasteiger partial charge in [-0.1, -0.05) is 0 Å². The van der Waals surface area contributed by atoms with E-state index < -0.39 is 11.7 Å². The Morgan fingerprint density at radius 3 is 2.53 bits per heavy atom. The van der Waals surface area contributed by atoms with Crippen molar-refractivity contribution in [1.82, 2.24) is 9.55 Å². The summed E-state index contributed by atoms with van der Waals surface area (Å²) < 4.78 is 44.3. The summed E-state index contributed by atoms with van der Waals surface area (Å²) in [5, 5.41) is 0. The molecule has 0 amide bonds. The highest BCUT2D eigenvalue weighted by atomic mass is 19.4. The Kier molecular flexibility index (Phi) is 2.79. The molecule has 2 aromatic rings. The zero-order chi connectivity index (χ0) is 12.5. The molecule has 0 saturated heterocycles. The molecule has 0 bridgehead atoms. The van der Waals surface area contributed by atoms with E-state index >= 15 is 0 Å². The van der Waals surface area contributed by atoms with Gasteiger partial charge in [0.15, 0.2) is 0 Å². The van der Waals surface area contributed by atoms with E-state index in [1.807, 2.05) is 0 Å². The Balaban J connectivity index is 2.54. The summed E-state index contributed by atoms with van der Waals surface area (Å²) in [6, 6.07) is 3.52. The van der Waals surface area contributed by atoms with E-state index in [4.69, 9.17) is 4.74 Å². The number of aromatic nitrogens is 2. The average molecular weight is 242 g/mol. The second kappa shape index (κ2) is 4.12. The highest BCUT2D eigenvalue weighted by Gasteiger charge is 2.31. The minimum Gasteiger partial charge on any atom is -0.497 e. The monoisotopic (exact) mass is 242 g/mol. The minimum atomic E-state index is -4.40. The van der Waals surface area contributed by atoms with Gasteiger partial charge >= 0.3 is 6.18 Å². The van der Waals surface area contributed by atoms with E-state index in [9.17, 15) is 13.2 Å². The molecule has 0 N–H and O–H groups in total. The zero-order valence-electron chi connectivity index (χ0n) is 8.90. The standard InChI is InChI=1S/C11H9F3N2O/c1-17-10-5-8(11(12,13)14)4-9(6-10)16-3-2-15-7-16/h2-7H,1H3. The minimum absolute atomic E-state index is 0.156. The first-order valence-corrected chi connectivity index (χ1v) is 4.75. The van der Waals surface area contributed by atoms with Crippen LogP contribution in [0.1, 0.15) is 5.56 Å². The van der Waals surface area contributed by atoms with Crippen LogP contribution in [0, 0.1) is 0 Å². The number of alkyl halides is 3. The Morgan fingerprint density at radius 1 is 1.24 bits per heavy atom. The molecule has 1 heterocycles. The van der Waals surface area contributed by atoms with Crippen LogP contribution in [0.15, 0.2) is 36.9 Å². The lowest BCUT2D eigenvalue weighted by Gasteiger charge is -2.11. The third-order valence-electron chi connectivity index (χ3n) is 2.26. The number of hydrogen-bond acceptors (Lipinski definition) is 2. The van der Waals surface area contributed by atoms with Crippen molar-refractivity contribution >= 4 is 0 Å². The maximum atomic E-state index is 12.6. The maximum Gasteiger partial charge on any atom is 0.416 e. The third kappa shape index (κ3) is 2.41. The first-order valence-electron chi connectivity index (χ1n) is 4.75. The fraction of sp³-hybridized carbons (Fsp3) is 0.182. The number of benzene rings is 1. The normalized spacial score (nSPS) is 11.5. The Bertz CT molecular complexity index is 506. The molecule has 1 aromatic heterocycles. The van der Waals surface area contributed by atoms with Gasteiger partial charge in [-0.05, 0) is 12.1 Å². The van der Waals surface area contributed by atoms with Gasteiger partial charge in [0.2, 0.25) is 0 Å². The van der Waals surface area contributed by atoms with Gasteiger partial charge in [-0.15, -0.1) is 0 Å². The van der Waals surface area contributed by atoms with Crippen molar-refractivity contribution in [2.45, 2.75) is 6.18 Å². The van der Waals surface area contributed by atoms with Crippen molar-refractivity contribution in [1.29, 1.82) is 0 Å². The van der Waals surface area contributed by atoms with Crippen molar-refractivity contribution in [3.63, 3.8) is 0 Å². The number of imidazole rings is 1. The molecule has 1 aromatic carbocycles. The van der Waals surface area contributed by atoms with Gasteiger partial charge in [0.1, 0.15) is 5.75 Å². The Morgan fingerprint density at radius 2 is 2.00 bits per heavy atom. The number of methoxy groups -OCH3 is 1. The van der Waals surface area contributed by atoms with Gasteiger partial charge in [0.25, 0.3) is 0 Å².